The maximum Gasteiger partial charge on any atom is 0.328 e. The Kier molecular flexibility index (Phi) is 34.3. The van der Waals surface area contributed by atoms with Crippen molar-refractivity contribution in [3.63, 3.8) is 0 Å². The third kappa shape index (κ3) is 19.0. The molecule has 0 N–H and O–H groups in total. The van der Waals surface area contributed by atoms with E-state index >= 15 is 0 Å². The summed E-state index contributed by atoms with van der Waals surface area (Å²) in [6.45, 7) is 34.8. The Morgan fingerprint density at radius 2 is 0.701 bits per heavy atom. The molecule has 0 saturated heterocycles. The lowest BCUT2D eigenvalue weighted by molar-refractivity contribution is -0.686. The van der Waals surface area contributed by atoms with Crippen LogP contribution in [0.15, 0.2) is 0 Å². The Morgan fingerprint density at radius 1 is 0.373 bits per heavy atom. The smallest absolute Gasteiger partial charge is 0.328 e. The molecule has 67 heavy (non-hydrogen) atoms. The second-order valence-electron chi connectivity index (χ2n) is 18.4. The summed E-state index contributed by atoms with van der Waals surface area (Å²) in [6.07, 6.45) is 2.85. The predicted molar refractivity (Wildman–Crippen MR) is 257 cm³/mol. The van der Waals surface area contributed by atoms with Crippen molar-refractivity contribution in [2.45, 2.75) is 236 Å². The zero-order chi connectivity index (χ0) is 51.2. The molecule has 0 fully saturated rings. The SMILES string of the molecule is CCCCOC(OCC(C)C)(OC(C)CC)C(COC)(OOOC(COC)(C(OCC)(OCCC)OC(C)C)C(OCCCC)(OCC(C)C)OC(C)CC)C(OCC)(OCCC)OC(C)C. The molecule has 0 bridgehead atoms. The van der Waals surface area contributed by atoms with E-state index in [-0.39, 0.29) is 64.7 Å². The second-order valence-corrected chi connectivity index (χ2v) is 18.4. The Balaban J connectivity index is 9.50. The molecule has 8 atom stereocenters. The van der Waals surface area contributed by atoms with E-state index in [2.05, 4.69) is 13.8 Å². The number of ether oxygens (including phenoxy) is 14. The number of hydrogen-bond donors (Lipinski definition) is 0. The van der Waals surface area contributed by atoms with Crippen LogP contribution in [0.4, 0.5) is 0 Å². The topological polar surface area (TPSA) is 157 Å². The molecule has 17 heteroatoms. The van der Waals surface area contributed by atoms with E-state index in [1.54, 1.807) is 13.8 Å². The third-order valence-corrected chi connectivity index (χ3v) is 10.1. The largest absolute Gasteiger partial charge is 0.381 e. The molecule has 8 unspecified atom stereocenters. The molecule has 0 heterocycles. The predicted octanol–water partition coefficient (Wildman–Crippen LogP) is 10.6. The summed E-state index contributed by atoms with van der Waals surface area (Å²) in [4.78, 5) is 13.9. The van der Waals surface area contributed by atoms with Crippen LogP contribution in [0.25, 0.3) is 0 Å². The second kappa shape index (κ2) is 34.6. The average molecular weight is 975 g/mol. The van der Waals surface area contributed by atoms with Gasteiger partial charge in [0.25, 0.3) is 11.2 Å². The first-order chi connectivity index (χ1) is 31.8. The lowest BCUT2D eigenvalue weighted by Crippen LogP contribution is -2.79. The number of unbranched alkanes of at least 4 members (excludes halogenated alkanes) is 2. The molecule has 0 amide bonds. The molecule has 0 aromatic rings. The minimum Gasteiger partial charge on any atom is -0.381 e. The van der Waals surface area contributed by atoms with E-state index in [9.17, 15) is 0 Å². The van der Waals surface area contributed by atoms with Crippen LogP contribution in [0.2, 0.25) is 0 Å². The number of methoxy groups -OCH3 is 2. The summed E-state index contributed by atoms with van der Waals surface area (Å²) in [7, 11) is 2.98. The van der Waals surface area contributed by atoms with Gasteiger partial charge in [-0.05, 0) is 106 Å². The monoisotopic (exact) mass is 975 g/mol. The van der Waals surface area contributed by atoms with E-state index in [1.165, 1.54) is 14.2 Å². The molecule has 0 aromatic heterocycles. The highest BCUT2D eigenvalue weighted by Crippen LogP contribution is 2.51. The highest BCUT2D eigenvalue weighted by molar-refractivity contribution is 5.03. The van der Waals surface area contributed by atoms with Crippen molar-refractivity contribution in [2.75, 3.05) is 80.3 Å². The molecule has 0 rings (SSSR count). The minimum atomic E-state index is -2.34. The van der Waals surface area contributed by atoms with Gasteiger partial charge in [-0.1, -0.05) is 87.1 Å². The van der Waals surface area contributed by atoms with Crippen LogP contribution in [0, 0.1) is 11.8 Å². The van der Waals surface area contributed by atoms with E-state index in [0.717, 1.165) is 12.8 Å². The molecule has 404 valence electrons. The normalized spacial score (nSPS) is 19.0. The van der Waals surface area contributed by atoms with Crippen LogP contribution >= 0.6 is 0 Å². The van der Waals surface area contributed by atoms with Gasteiger partial charge in [0, 0.05) is 27.4 Å². The van der Waals surface area contributed by atoms with Crippen LogP contribution in [0.1, 0.15) is 176 Å². The Bertz CT molecular complexity index is 1110. The summed E-state index contributed by atoms with van der Waals surface area (Å²) < 4.78 is 94.8. The van der Waals surface area contributed by atoms with Crippen LogP contribution in [0.5, 0.6) is 0 Å². The molecule has 0 saturated carbocycles. The number of hydrogen-bond acceptors (Lipinski definition) is 17. The zero-order valence-electron chi connectivity index (χ0n) is 46.1. The Morgan fingerprint density at radius 3 is 0.955 bits per heavy atom. The van der Waals surface area contributed by atoms with Gasteiger partial charge in [0.1, 0.15) is 0 Å². The third-order valence-electron chi connectivity index (χ3n) is 10.1. The molecule has 0 aliphatic carbocycles. The number of rotatable bonds is 46. The first-order valence-electron chi connectivity index (χ1n) is 25.6. The van der Waals surface area contributed by atoms with Crippen molar-refractivity contribution in [1.82, 2.24) is 0 Å². The van der Waals surface area contributed by atoms with Gasteiger partial charge in [-0.15, -0.1) is 0 Å². The van der Waals surface area contributed by atoms with Crippen LogP contribution in [-0.2, 0) is 81.1 Å². The average Bonchev–Trinajstić information content (AvgIpc) is 3.27. The molecule has 0 aliphatic heterocycles. The van der Waals surface area contributed by atoms with Crippen molar-refractivity contribution in [1.29, 1.82) is 0 Å². The maximum atomic E-state index is 7.02. The molecular weight excluding hydrogens is 873 g/mol. The fourth-order valence-corrected chi connectivity index (χ4v) is 6.70. The van der Waals surface area contributed by atoms with E-state index in [0.29, 0.717) is 38.5 Å². The fraction of sp³-hybridized carbons (Fsp3) is 1.00. The van der Waals surface area contributed by atoms with Crippen LogP contribution in [0.3, 0.4) is 0 Å². The van der Waals surface area contributed by atoms with Gasteiger partial charge in [0.15, 0.2) is 0 Å². The highest BCUT2D eigenvalue weighted by atomic mass is 17.5. The molecule has 0 radical (unpaired) electrons. The van der Waals surface area contributed by atoms with Crippen LogP contribution < -0.4 is 0 Å². The van der Waals surface area contributed by atoms with E-state index in [1.807, 2.05) is 96.9 Å². The van der Waals surface area contributed by atoms with Gasteiger partial charge < -0.3 is 66.3 Å². The van der Waals surface area contributed by atoms with Gasteiger partial charge in [-0.2, -0.15) is 9.78 Å². The Labute approximate surface area is 407 Å². The summed E-state index contributed by atoms with van der Waals surface area (Å²) in [6, 6.07) is 0. The van der Waals surface area contributed by atoms with E-state index in [4.69, 9.17) is 81.1 Å². The summed E-state index contributed by atoms with van der Waals surface area (Å²) in [5.41, 5.74) is -4.68. The first kappa shape index (κ1) is 66.3. The summed E-state index contributed by atoms with van der Waals surface area (Å²) >= 11 is 0. The molecule has 17 nitrogen and oxygen atoms in total. The van der Waals surface area contributed by atoms with Gasteiger partial charge in [0.2, 0.25) is 0 Å². The van der Waals surface area contributed by atoms with Gasteiger partial charge in [-0.3, -0.25) is 0 Å². The maximum absolute atomic E-state index is 7.02. The van der Waals surface area contributed by atoms with Crippen molar-refractivity contribution in [3.8, 4) is 0 Å². The molecular formula is C50H102O17. The van der Waals surface area contributed by atoms with Crippen molar-refractivity contribution < 1.29 is 81.1 Å². The highest BCUT2D eigenvalue weighted by Gasteiger charge is 2.78. The molecule has 0 aliphatic rings. The lowest BCUT2D eigenvalue weighted by Gasteiger charge is -2.56. The molecule has 0 spiro atoms. The fourth-order valence-electron chi connectivity index (χ4n) is 6.70. The van der Waals surface area contributed by atoms with E-state index < -0.39 is 72.7 Å². The van der Waals surface area contributed by atoms with Gasteiger partial charge >= 0.3 is 23.9 Å². The molecule has 0 aromatic carbocycles. The minimum absolute atomic E-state index is 0.0297. The zero-order valence-corrected chi connectivity index (χ0v) is 46.1. The van der Waals surface area contributed by atoms with Crippen molar-refractivity contribution in [2.24, 2.45) is 11.8 Å². The summed E-state index contributed by atoms with van der Waals surface area (Å²) in [5, 5.41) is 6.45. The van der Waals surface area contributed by atoms with Crippen molar-refractivity contribution >= 4 is 0 Å². The van der Waals surface area contributed by atoms with Gasteiger partial charge in [-0.25, -0.2) is 0 Å². The lowest BCUT2D eigenvalue weighted by atomic mass is 9.96. The van der Waals surface area contributed by atoms with Crippen LogP contribution in [-0.4, -0.2) is 140 Å². The quantitative estimate of drug-likeness (QED) is 0.0245. The Hall–Kier alpha value is -0.680. The van der Waals surface area contributed by atoms with Gasteiger partial charge in [0.05, 0.1) is 77.3 Å². The standard InChI is InChI=1S/C50H102O17/c1-21-29-33-57-49(59-35-39(9)10,63-43(17)25-5)45(37-51-19,47(53-27-7,55-31-23-3)61-41(13)14)65-67-66-46(38-52-20,48(54-28-8,56-32-24-4)62-42(15)16)50(58-34-30-22-2,60-36-40(11)12)64-44(18)26-6/h39-44H,21-38H2,1-20H3. The summed E-state index contributed by atoms with van der Waals surface area (Å²) in [5.74, 6) is -9.10. The van der Waals surface area contributed by atoms with Crippen molar-refractivity contribution in [3.05, 3.63) is 0 Å². The first-order valence-corrected chi connectivity index (χ1v) is 25.6.